The Labute approximate surface area is 141 Å². The summed E-state index contributed by atoms with van der Waals surface area (Å²) in [6.45, 7) is 0.549. The van der Waals surface area contributed by atoms with E-state index in [0.29, 0.717) is 25.1 Å². The van der Waals surface area contributed by atoms with Crippen molar-refractivity contribution in [1.82, 2.24) is 4.90 Å². The van der Waals surface area contributed by atoms with E-state index in [1.54, 1.807) is 18.0 Å². The third-order valence-corrected chi connectivity index (χ3v) is 4.02. The number of hydrogen-bond donors (Lipinski definition) is 1. The van der Waals surface area contributed by atoms with Gasteiger partial charge >= 0.3 is 0 Å². The van der Waals surface area contributed by atoms with E-state index >= 15 is 0 Å². The number of nitrogens with zero attached hydrogens (tertiary/aromatic N) is 1. The van der Waals surface area contributed by atoms with Crippen molar-refractivity contribution in [1.29, 1.82) is 0 Å². The quantitative estimate of drug-likeness (QED) is 0.920. The first kappa shape index (κ1) is 16.1. The largest absolute Gasteiger partial charge is 0.484 e. The summed E-state index contributed by atoms with van der Waals surface area (Å²) < 4.78 is 5.62. The molecule has 1 aliphatic heterocycles. The minimum Gasteiger partial charge on any atom is -0.484 e. The lowest BCUT2D eigenvalue weighted by Gasteiger charge is -2.19. The molecule has 5 heteroatoms. The molecule has 1 aliphatic rings. The van der Waals surface area contributed by atoms with E-state index in [9.17, 15) is 9.59 Å². The highest BCUT2D eigenvalue weighted by Crippen LogP contribution is 2.26. The number of benzene rings is 2. The Bertz CT molecular complexity index is 744. The Morgan fingerprint density at radius 2 is 1.96 bits per heavy atom. The van der Waals surface area contributed by atoms with Gasteiger partial charge in [-0.05, 0) is 35.7 Å². The van der Waals surface area contributed by atoms with Crippen molar-refractivity contribution in [3.63, 3.8) is 0 Å². The fourth-order valence-electron chi connectivity index (χ4n) is 2.65. The molecule has 5 nitrogen and oxygen atoms in total. The lowest BCUT2D eigenvalue weighted by molar-refractivity contribution is -0.132. The molecule has 2 amide bonds. The van der Waals surface area contributed by atoms with Crippen LogP contribution in [0.15, 0.2) is 48.5 Å². The molecule has 1 heterocycles. The van der Waals surface area contributed by atoms with Crippen LogP contribution in [0.3, 0.4) is 0 Å². The summed E-state index contributed by atoms with van der Waals surface area (Å²) >= 11 is 0. The molecule has 1 N–H and O–H groups in total. The predicted molar refractivity (Wildman–Crippen MR) is 91.8 cm³/mol. The van der Waals surface area contributed by atoms with E-state index in [1.807, 2.05) is 42.5 Å². The highest BCUT2D eigenvalue weighted by molar-refractivity contribution is 5.94. The minimum absolute atomic E-state index is 0.00548. The number of aryl methyl sites for hydroxylation is 1. The van der Waals surface area contributed by atoms with Crippen molar-refractivity contribution in [3.8, 4) is 5.75 Å². The zero-order valence-electron chi connectivity index (χ0n) is 13.6. The average Bonchev–Trinajstić information content (AvgIpc) is 2.60. The van der Waals surface area contributed by atoms with E-state index < -0.39 is 0 Å². The van der Waals surface area contributed by atoms with Crippen LogP contribution in [0.4, 0.5) is 5.69 Å². The summed E-state index contributed by atoms with van der Waals surface area (Å²) in [7, 11) is 1.76. The monoisotopic (exact) mass is 324 g/mol. The molecule has 0 unspecified atom stereocenters. The maximum absolute atomic E-state index is 12.2. The smallest absolute Gasteiger partial charge is 0.260 e. The predicted octanol–water partition coefficient (Wildman–Crippen LogP) is 2.61. The molecule has 0 radical (unpaired) electrons. The SMILES string of the molecule is CN(Cc1ccccc1)C(=O)COc1ccc2c(c1)CCC(=O)N2. The molecule has 0 spiro atoms. The molecule has 0 aliphatic carbocycles. The van der Waals surface area contributed by atoms with Crippen LogP contribution in [-0.2, 0) is 22.6 Å². The van der Waals surface area contributed by atoms with Crippen molar-refractivity contribution < 1.29 is 14.3 Å². The summed E-state index contributed by atoms with van der Waals surface area (Å²) in [5.41, 5.74) is 2.95. The Morgan fingerprint density at radius 1 is 1.17 bits per heavy atom. The van der Waals surface area contributed by atoms with Crippen LogP contribution in [0.25, 0.3) is 0 Å². The van der Waals surface area contributed by atoms with Crippen LogP contribution in [0.2, 0.25) is 0 Å². The zero-order chi connectivity index (χ0) is 16.9. The second-order valence-electron chi connectivity index (χ2n) is 5.89. The summed E-state index contributed by atoms with van der Waals surface area (Å²) in [4.78, 5) is 25.2. The lowest BCUT2D eigenvalue weighted by Crippen LogP contribution is -2.31. The van der Waals surface area contributed by atoms with Gasteiger partial charge in [-0.1, -0.05) is 30.3 Å². The summed E-state index contributed by atoms with van der Waals surface area (Å²) in [5.74, 6) is 0.602. The normalized spacial score (nSPS) is 13.0. The number of nitrogens with one attached hydrogen (secondary N) is 1. The molecule has 2 aromatic rings. The molecule has 24 heavy (non-hydrogen) atoms. The maximum Gasteiger partial charge on any atom is 0.260 e. The van der Waals surface area contributed by atoms with E-state index in [1.165, 1.54) is 0 Å². The molecule has 0 aromatic heterocycles. The van der Waals surface area contributed by atoms with Crippen molar-refractivity contribution >= 4 is 17.5 Å². The highest BCUT2D eigenvalue weighted by Gasteiger charge is 2.16. The fourth-order valence-corrected chi connectivity index (χ4v) is 2.65. The first-order valence-corrected chi connectivity index (χ1v) is 7.95. The van der Waals surface area contributed by atoms with E-state index in [0.717, 1.165) is 16.8 Å². The minimum atomic E-state index is -0.0788. The van der Waals surface area contributed by atoms with Gasteiger partial charge in [-0.2, -0.15) is 0 Å². The first-order valence-electron chi connectivity index (χ1n) is 7.95. The number of anilines is 1. The van der Waals surface area contributed by atoms with Crippen molar-refractivity contribution in [2.75, 3.05) is 19.0 Å². The van der Waals surface area contributed by atoms with Crippen LogP contribution in [0.1, 0.15) is 17.5 Å². The van der Waals surface area contributed by atoms with Gasteiger partial charge in [0.2, 0.25) is 5.91 Å². The number of hydrogen-bond acceptors (Lipinski definition) is 3. The number of fused-ring (bicyclic) bond motifs is 1. The maximum atomic E-state index is 12.2. The molecule has 0 bridgehead atoms. The molecule has 0 saturated carbocycles. The Kier molecular flexibility index (Phi) is 4.79. The Hall–Kier alpha value is -2.82. The van der Waals surface area contributed by atoms with Crippen molar-refractivity contribution in [2.24, 2.45) is 0 Å². The summed E-state index contributed by atoms with van der Waals surface area (Å²) in [6, 6.07) is 15.3. The molecule has 2 aromatic carbocycles. The summed E-state index contributed by atoms with van der Waals surface area (Å²) in [5, 5.41) is 2.83. The number of rotatable bonds is 5. The highest BCUT2D eigenvalue weighted by atomic mass is 16.5. The number of carbonyl (C=O) groups excluding carboxylic acids is 2. The molecule has 3 rings (SSSR count). The topological polar surface area (TPSA) is 58.6 Å². The van der Waals surface area contributed by atoms with E-state index in [2.05, 4.69) is 5.32 Å². The van der Waals surface area contributed by atoms with E-state index in [-0.39, 0.29) is 18.4 Å². The van der Waals surface area contributed by atoms with Gasteiger partial charge in [-0.25, -0.2) is 0 Å². The zero-order valence-corrected chi connectivity index (χ0v) is 13.6. The van der Waals surface area contributed by atoms with Crippen molar-refractivity contribution in [3.05, 3.63) is 59.7 Å². The van der Waals surface area contributed by atoms with Crippen LogP contribution >= 0.6 is 0 Å². The molecule has 0 fully saturated rings. The number of ether oxygens (including phenoxy) is 1. The van der Waals surface area contributed by atoms with Gasteiger partial charge in [0.25, 0.3) is 5.91 Å². The van der Waals surface area contributed by atoms with Crippen LogP contribution < -0.4 is 10.1 Å². The molecule has 0 atom stereocenters. The van der Waals surface area contributed by atoms with Gasteiger partial charge < -0.3 is 15.0 Å². The number of likely N-dealkylation sites (N-methyl/N-ethyl adjacent to an activating group) is 1. The van der Waals surface area contributed by atoms with Gasteiger partial charge in [0.05, 0.1) is 0 Å². The Morgan fingerprint density at radius 3 is 2.75 bits per heavy atom. The van der Waals surface area contributed by atoms with Gasteiger partial charge in [0.1, 0.15) is 5.75 Å². The third-order valence-electron chi connectivity index (χ3n) is 4.02. The first-order chi connectivity index (χ1) is 11.6. The van der Waals surface area contributed by atoms with Crippen LogP contribution in [0, 0.1) is 0 Å². The third kappa shape index (κ3) is 3.93. The van der Waals surface area contributed by atoms with Crippen molar-refractivity contribution in [2.45, 2.75) is 19.4 Å². The van der Waals surface area contributed by atoms with Gasteiger partial charge in [-0.15, -0.1) is 0 Å². The van der Waals surface area contributed by atoms with Crippen LogP contribution in [-0.4, -0.2) is 30.4 Å². The van der Waals surface area contributed by atoms with Crippen LogP contribution in [0.5, 0.6) is 5.75 Å². The lowest BCUT2D eigenvalue weighted by atomic mass is 10.0. The molecular weight excluding hydrogens is 304 g/mol. The Balaban J connectivity index is 1.55. The second kappa shape index (κ2) is 7.17. The number of carbonyl (C=O) groups is 2. The molecular formula is C19H20N2O3. The van der Waals surface area contributed by atoms with Gasteiger partial charge in [0.15, 0.2) is 6.61 Å². The molecule has 0 saturated heterocycles. The standard InChI is InChI=1S/C19H20N2O3/c1-21(12-14-5-3-2-4-6-14)19(23)13-24-16-8-9-17-15(11-16)7-10-18(22)20-17/h2-6,8-9,11H,7,10,12-13H2,1H3,(H,20,22). The van der Waals surface area contributed by atoms with E-state index in [4.69, 9.17) is 4.74 Å². The summed E-state index contributed by atoms with van der Waals surface area (Å²) in [6.07, 6.45) is 1.18. The number of amides is 2. The van der Waals surface area contributed by atoms with Gasteiger partial charge in [0, 0.05) is 25.7 Å². The van der Waals surface area contributed by atoms with Gasteiger partial charge in [-0.3, -0.25) is 9.59 Å². The second-order valence-corrected chi connectivity index (χ2v) is 5.89. The average molecular weight is 324 g/mol. The molecule has 124 valence electrons. The fraction of sp³-hybridized carbons (Fsp3) is 0.263.